The lowest BCUT2D eigenvalue weighted by atomic mass is 9.87. The highest BCUT2D eigenvalue weighted by Gasteiger charge is 2.21. The van der Waals surface area contributed by atoms with Gasteiger partial charge in [0, 0.05) is 12.0 Å². The van der Waals surface area contributed by atoms with Gasteiger partial charge in [-0.3, -0.25) is 4.79 Å². The monoisotopic (exact) mass is 187 g/mol. The second-order valence-corrected chi connectivity index (χ2v) is 3.96. The number of ketones is 1. The molecule has 0 saturated heterocycles. The van der Waals surface area contributed by atoms with Gasteiger partial charge in [-0.05, 0) is 13.8 Å². The quantitative estimate of drug-likeness (QED) is 0.683. The van der Waals surface area contributed by atoms with Crippen LogP contribution >= 0.6 is 0 Å². The average Bonchev–Trinajstić information content (AvgIpc) is 2.19. The fourth-order valence-corrected chi connectivity index (χ4v) is 1.17. The van der Waals surface area contributed by atoms with Crippen molar-refractivity contribution in [3.05, 3.63) is 35.9 Å². The first-order valence-electron chi connectivity index (χ1n) is 4.55. The van der Waals surface area contributed by atoms with Crippen molar-refractivity contribution in [3.8, 4) is 6.07 Å². The predicted molar refractivity (Wildman–Crippen MR) is 54.8 cm³/mol. The van der Waals surface area contributed by atoms with Gasteiger partial charge < -0.3 is 0 Å². The summed E-state index contributed by atoms with van der Waals surface area (Å²) < 4.78 is 0. The van der Waals surface area contributed by atoms with Crippen LogP contribution in [0.2, 0.25) is 0 Å². The van der Waals surface area contributed by atoms with Crippen molar-refractivity contribution >= 4 is 5.78 Å². The first kappa shape index (κ1) is 10.5. The molecule has 2 heteroatoms. The summed E-state index contributed by atoms with van der Waals surface area (Å²) in [7, 11) is 0. The molecule has 0 spiro atoms. The molecular formula is C12H13NO. The minimum absolute atomic E-state index is 0.0251. The zero-order chi connectivity index (χ0) is 10.6. The van der Waals surface area contributed by atoms with Gasteiger partial charge in [-0.25, -0.2) is 0 Å². The van der Waals surface area contributed by atoms with Crippen LogP contribution in [0.4, 0.5) is 0 Å². The maximum atomic E-state index is 11.7. The van der Waals surface area contributed by atoms with Crippen molar-refractivity contribution < 1.29 is 4.79 Å². The third-order valence-electron chi connectivity index (χ3n) is 2.00. The van der Waals surface area contributed by atoms with Gasteiger partial charge in [0.1, 0.15) is 0 Å². The van der Waals surface area contributed by atoms with Crippen LogP contribution in [-0.4, -0.2) is 5.78 Å². The topological polar surface area (TPSA) is 40.9 Å². The highest BCUT2D eigenvalue weighted by molar-refractivity contribution is 5.96. The maximum Gasteiger partial charge on any atom is 0.164 e. The molecule has 0 heterocycles. The summed E-state index contributed by atoms with van der Waals surface area (Å²) in [4.78, 5) is 11.7. The number of nitriles is 1. The van der Waals surface area contributed by atoms with Gasteiger partial charge in [0.2, 0.25) is 0 Å². The fraction of sp³-hybridized carbons (Fsp3) is 0.333. The van der Waals surface area contributed by atoms with Crippen LogP contribution in [-0.2, 0) is 0 Å². The molecule has 0 aliphatic rings. The molecule has 0 bridgehead atoms. The minimum atomic E-state index is -0.576. The van der Waals surface area contributed by atoms with E-state index in [1.807, 2.05) is 18.2 Å². The van der Waals surface area contributed by atoms with Gasteiger partial charge in [-0.15, -0.1) is 0 Å². The Morgan fingerprint density at radius 2 is 1.93 bits per heavy atom. The van der Waals surface area contributed by atoms with Crippen LogP contribution in [0.15, 0.2) is 30.3 Å². The van der Waals surface area contributed by atoms with Gasteiger partial charge in [0.25, 0.3) is 0 Å². The first-order valence-corrected chi connectivity index (χ1v) is 4.55. The lowest BCUT2D eigenvalue weighted by Crippen LogP contribution is -2.14. The van der Waals surface area contributed by atoms with E-state index in [4.69, 9.17) is 5.26 Å². The second-order valence-electron chi connectivity index (χ2n) is 3.96. The van der Waals surface area contributed by atoms with E-state index in [-0.39, 0.29) is 12.2 Å². The SMILES string of the molecule is CC(C)(C#N)CC(=O)c1ccccc1. The summed E-state index contributed by atoms with van der Waals surface area (Å²) in [6, 6.07) is 11.2. The lowest BCUT2D eigenvalue weighted by molar-refractivity contribution is 0.0952. The van der Waals surface area contributed by atoms with Gasteiger partial charge >= 0.3 is 0 Å². The molecule has 2 nitrogen and oxygen atoms in total. The minimum Gasteiger partial charge on any atom is -0.294 e. The summed E-state index contributed by atoms with van der Waals surface area (Å²) >= 11 is 0. The zero-order valence-electron chi connectivity index (χ0n) is 8.45. The normalized spacial score (nSPS) is 10.6. The Hall–Kier alpha value is -1.62. The number of hydrogen-bond acceptors (Lipinski definition) is 2. The van der Waals surface area contributed by atoms with E-state index in [9.17, 15) is 4.79 Å². The Labute approximate surface area is 84.2 Å². The summed E-state index contributed by atoms with van der Waals surface area (Å²) in [5.74, 6) is 0.0251. The Morgan fingerprint density at radius 1 is 1.36 bits per heavy atom. The molecule has 0 aliphatic carbocycles. The molecule has 1 rings (SSSR count). The Kier molecular flexibility index (Phi) is 3.03. The number of Topliss-reactive ketones (excluding diaryl/α,β-unsaturated/α-hetero) is 1. The molecule has 0 unspecified atom stereocenters. The Balaban J connectivity index is 2.75. The molecule has 0 fully saturated rings. The van der Waals surface area contributed by atoms with Crippen LogP contribution in [0.1, 0.15) is 30.6 Å². The van der Waals surface area contributed by atoms with E-state index >= 15 is 0 Å². The maximum absolute atomic E-state index is 11.7. The van der Waals surface area contributed by atoms with Crippen molar-refractivity contribution in [1.82, 2.24) is 0 Å². The van der Waals surface area contributed by atoms with Crippen molar-refractivity contribution in [2.75, 3.05) is 0 Å². The molecule has 0 N–H and O–H groups in total. The number of carbonyl (C=O) groups is 1. The van der Waals surface area contributed by atoms with Crippen LogP contribution in [0, 0.1) is 16.7 Å². The molecule has 1 aromatic carbocycles. The summed E-state index contributed by atoms with van der Waals surface area (Å²) in [6.07, 6.45) is 0.271. The van der Waals surface area contributed by atoms with Gasteiger partial charge in [0.05, 0.1) is 11.5 Å². The molecule has 72 valence electrons. The molecule has 0 amide bonds. The summed E-state index contributed by atoms with van der Waals surface area (Å²) in [5.41, 5.74) is 0.100. The molecule has 0 radical (unpaired) electrons. The molecule has 0 aromatic heterocycles. The molecule has 14 heavy (non-hydrogen) atoms. The summed E-state index contributed by atoms with van der Waals surface area (Å²) in [5, 5.41) is 8.79. The zero-order valence-corrected chi connectivity index (χ0v) is 8.45. The molecule has 0 aliphatic heterocycles. The molecule has 1 aromatic rings. The number of rotatable bonds is 3. The third kappa shape index (κ3) is 2.70. The van der Waals surface area contributed by atoms with E-state index in [0.29, 0.717) is 5.56 Å². The largest absolute Gasteiger partial charge is 0.294 e. The van der Waals surface area contributed by atoms with Gasteiger partial charge in [-0.2, -0.15) is 5.26 Å². The lowest BCUT2D eigenvalue weighted by Gasteiger charge is -2.13. The number of hydrogen-bond donors (Lipinski definition) is 0. The predicted octanol–water partition coefficient (Wildman–Crippen LogP) is 2.81. The van der Waals surface area contributed by atoms with Crippen LogP contribution < -0.4 is 0 Å². The first-order chi connectivity index (χ1) is 6.55. The summed E-state index contributed by atoms with van der Waals surface area (Å²) in [6.45, 7) is 3.54. The highest BCUT2D eigenvalue weighted by Crippen LogP contribution is 2.21. The van der Waals surface area contributed by atoms with E-state index in [2.05, 4.69) is 6.07 Å². The second kappa shape index (κ2) is 4.06. The molecule has 0 saturated carbocycles. The third-order valence-corrected chi connectivity index (χ3v) is 2.00. The Bertz CT molecular complexity index is 360. The van der Waals surface area contributed by atoms with E-state index in [1.54, 1.807) is 26.0 Å². The number of nitrogens with zero attached hydrogens (tertiary/aromatic N) is 1. The highest BCUT2D eigenvalue weighted by atomic mass is 16.1. The number of carbonyl (C=O) groups excluding carboxylic acids is 1. The average molecular weight is 187 g/mol. The number of benzene rings is 1. The van der Waals surface area contributed by atoms with Crippen LogP contribution in [0.25, 0.3) is 0 Å². The van der Waals surface area contributed by atoms with E-state index in [0.717, 1.165) is 0 Å². The van der Waals surface area contributed by atoms with Crippen molar-refractivity contribution in [2.45, 2.75) is 20.3 Å². The van der Waals surface area contributed by atoms with Crippen LogP contribution in [0.3, 0.4) is 0 Å². The Morgan fingerprint density at radius 3 is 2.43 bits per heavy atom. The molecule has 0 atom stereocenters. The smallest absolute Gasteiger partial charge is 0.164 e. The van der Waals surface area contributed by atoms with E-state index < -0.39 is 5.41 Å². The van der Waals surface area contributed by atoms with Crippen molar-refractivity contribution in [3.63, 3.8) is 0 Å². The standard InChI is InChI=1S/C12H13NO/c1-12(2,9-13)8-11(14)10-6-4-3-5-7-10/h3-7H,8H2,1-2H3. The van der Waals surface area contributed by atoms with Crippen LogP contribution in [0.5, 0.6) is 0 Å². The van der Waals surface area contributed by atoms with Gasteiger partial charge in [-0.1, -0.05) is 30.3 Å². The molecular weight excluding hydrogens is 174 g/mol. The van der Waals surface area contributed by atoms with Crippen molar-refractivity contribution in [1.29, 1.82) is 5.26 Å². The van der Waals surface area contributed by atoms with E-state index in [1.165, 1.54) is 0 Å². The fourth-order valence-electron chi connectivity index (χ4n) is 1.17. The van der Waals surface area contributed by atoms with Gasteiger partial charge in [0.15, 0.2) is 5.78 Å². The van der Waals surface area contributed by atoms with Crippen molar-refractivity contribution in [2.24, 2.45) is 5.41 Å².